The van der Waals surface area contributed by atoms with E-state index in [2.05, 4.69) is 9.73 Å². The predicted molar refractivity (Wildman–Crippen MR) is 123 cm³/mol. The van der Waals surface area contributed by atoms with Crippen molar-refractivity contribution in [3.8, 4) is 5.75 Å². The zero-order valence-electron chi connectivity index (χ0n) is 17.7. The molecule has 0 saturated carbocycles. The minimum atomic E-state index is -2.95. The van der Waals surface area contributed by atoms with Crippen LogP contribution in [-0.4, -0.2) is 42.9 Å². The van der Waals surface area contributed by atoms with Crippen LogP contribution in [0.4, 0.5) is 20.2 Å². The number of rotatable bonds is 7. The summed E-state index contributed by atoms with van der Waals surface area (Å²) in [6.07, 6.45) is 1.64. The van der Waals surface area contributed by atoms with Crippen molar-refractivity contribution in [2.45, 2.75) is 18.8 Å². The van der Waals surface area contributed by atoms with Gasteiger partial charge in [0.1, 0.15) is 11.4 Å². The van der Waals surface area contributed by atoms with Crippen LogP contribution in [0.3, 0.4) is 0 Å². The first-order valence-electron chi connectivity index (χ1n) is 9.59. The molecule has 0 radical (unpaired) electrons. The number of ether oxygens (including phenoxy) is 1. The molecule has 0 bridgehead atoms. The molecule has 1 heterocycles. The molecule has 7 nitrogen and oxygen atoms in total. The fraction of sp³-hybridized carbons (Fsp3) is 0.227. The molecule has 10 heteroatoms. The second-order valence-corrected chi connectivity index (χ2v) is 8.39. The van der Waals surface area contributed by atoms with Crippen LogP contribution in [0.1, 0.15) is 12.5 Å². The number of aliphatic imine (C=N–C) groups is 1. The molecule has 1 aliphatic rings. The highest BCUT2D eigenvalue weighted by Gasteiger charge is 2.33. The van der Waals surface area contributed by atoms with Gasteiger partial charge in [0.2, 0.25) is 5.91 Å². The number of carbonyl (C=O) groups excluding carboxylic acids is 2. The van der Waals surface area contributed by atoms with Crippen molar-refractivity contribution >= 4 is 46.2 Å². The molecule has 1 unspecified atom stereocenters. The largest absolute Gasteiger partial charge is 0.435 e. The van der Waals surface area contributed by atoms with Gasteiger partial charge in [0.25, 0.3) is 5.91 Å². The number of amidine groups is 1. The molecule has 0 spiro atoms. The number of amides is 2. The van der Waals surface area contributed by atoms with Gasteiger partial charge in [-0.2, -0.15) is 8.78 Å². The van der Waals surface area contributed by atoms with Crippen LogP contribution in [0.2, 0.25) is 0 Å². The lowest BCUT2D eigenvalue weighted by Gasteiger charge is -2.19. The lowest BCUT2D eigenvalue weighted by molar-refractivity contribution is -0.117. The van der Waals surface area contributed by atoms with E-state index < -0.39 is 23.7 Å². The van der Waals surface area contributed by atoms with Gasteiger partial charge in [0.15, 0.2) is 5.17 Å². The highest BCUT2D eigenvalue weighted by molar-refractivity contribution is 8.15. The molecule has 2 aromatic rings. The number of thioether (sulfide) groups is 1. The lowest BCUT2D eigenvalue weighted by atomic mass is 10.1. The molecule has 2 amide bonds. The van der Waals surface area contributed by atoms with Crippen LogP contribution >= 0.6 is 11.8 Å². The van der Waals surface area contributed by atoms with Crippen LogP contribution in [0.5, 0.6) is 5.75 Å². The third kappa shape index (κ3) is 5.44. The Labute approximate surface area is 188 Å². The predicted octanol–water partition coefficient (Wildman–Crippen LogP) is 3.70. The normalized spacial score (nSPS) is 15.8. The first-order valence-corrected chi connectivity index (χ1v) is 10.5. The molecule has 1 atom stereocenters. The summed E-state index contributed by atoms with van der Waals surface area (Å²) in [6.45, 7) is -1.34. The smallest absolute Gasteiger partial charge is 0.387 e. The van der Waals surface area contributed by atoms with Gasteiger partial charge < -0.3 is 15.4 Å². The van der Waals surface area contributed by atoms with Crippen molar-refractivity contribution in [1.82, 2.24) is 0 Å². The minimum Gasteiger partial charge on any atom is -0.435 e. The topological polar surface area (TPSA) is 88.2 Å². The Morgan fingerprint density at radius 2 is 1.78 bits per heavy atom. The summed E-state index contributed by atoms with van der Waals surface area (Å²) < 4.78 is 29.2. The lowest BCUT2D eigenvalue weighted by Crippen LogP contribution is -2.33. The van der Waals surface area contributed by atoms with Gasteiger partial charge in [0, 0.05) is 19.8 Å². The van der Waals surface area contributed by atoms with Gasteiger partial charge in [-0.25, -0.2) is 4.99 Å². The number of hydrogen-bond donors (Lipinski definition) is 1. The van der Waals surface area contributed by atoms with Crippen molar-refractivity contribution in [1.29, 1.82) is 0 Å². The number of anilines is 2. The number of carbonyl (C=O) groups is 2. The molecule has 3 rings (SSSR count). The van der Waals surface area contributed by atoms with E-state index >= 15 is 0 Å². The molecule has 2 aromatic carbocycles. The summed E-state index contributed by atoms with van der Waals surface area (Å²) in [6, 6.07) is 13.2. The summed E-state index contributed by atoms with van der Waals surface area (Å²) in [5, 5.41) is -0.371. The van der Waals surface area contributed by atoms with E-state index in [0.717, 1.165) is 23.0 Å². The van der Waals surface area contributed by atoms with Crippen molar-refractivity contribution in [2.75, 3.05) is 23.9 Å². The van der Waals surface area contributed by atoms with E-state index in [1.807, 2.05) is 43.3 Å². The molecular weight excluding hydrogens is 438 g/mol. The Hall–Kier alpha value is -3.40. The average molecular weight is 461 g/mol. The fourth-order valence-electron chi connectivity index (χ4n) is 2.82. The number of nitrogens with zero attached hydrogens (tertiary/aromatic N) is 3. The Kier molecular flexibility index (Phi) is 7.14. The maximum atomic E-state index is 13.2. The number of halogens is 2. The number of primary amides is 1. The molecule has 1 aliphatic heterocycles. The molecule has 0 aromatic heterocycles. The second-order valence-electron chi connectivity index (χ2n) is 7.09. The maximum Gasteiger partial charge on any atom is 0.387 e. The van der Waals surface area contributed by atoms with Crippen molar-refractivity contribution < 1.29 is 23.1 Å². The molecule has 168 valence electrons. The van der Waals surface area contributed by atoms with Crippen molar-refractivity contribution in [2.24, 2.45) is 10.7 Å². The van der Waals surface area contributed by atoms with E-state index in [-0.39, 0.29) is 16.6 Å². The summed E-state index contributed by atoms with van der Waals surface area (Å²) >= 11 is 1.04. The molecule has 0 fully saturated rings. The Morgan fingerprint density at radius 3 is 2.31 bits per heavy atom. The van der Waals surface area contributed by atoms with Gasteiger partial charge in [-0.3, -0.25) is 14.5 Å². The third-order valence-electron chi connectivity index (χ3n) is 4.55. The Balaban J connectivity index is 1.94. The Morgan fingerprint density at radius 1 is 1.16 bits per heavy atom. The number of hydrogen-bond acceptors (Lipinski definition) is 6. The maximum absolute atomic E-state index is 13.2. The van der Waals surface area contributed by atoms with E-state index in [1.165, 1.54) is 29.2 Å². The van der Waals surface area contributed by atoms with E-state index in [1.54, 1.807) is 13.0 Å². The van der Waals surface area contributed by atoms with Crippen LogP contribution in [0.15, 0.2) is 59.2 Å². The Bertz CT molecular complexity index is 1050. The van der Waals surface area contributed by atoms with Gasteiger partial charge >= 0.3 is 6.61 Å². The van der Waals surface area contributed by atoms with Crippen LogP contribution in [-0.2, 0) is 9.59 Å². The zero-order chi connectivity index (χ0) is 23.4. The SMILES string of the molecule is CC(SC1=NC(=Cc2ccc(N(C)C)cc2)C(=O)N1c1ccc(OC(F)F)cc1)C(N)=O. The van der Waals surface area contributed by atoms with Crippen molar-refractivity contribution in [3.63, 3.8) is 0 Å². The first kappa shape index (κ1) is 23.3. The van der Waals surface area contributed by atoms with E-state index in [0.29, 0.717) is 5.69 Å². The molecule has 32 heavy (non-hydrogen) atoms. The highest BCUT2D eigenvalue weighted by atomic mass is 32.2. The fourth-order valence-corrected chi connectivity index (χ4v) is 3.70. The summed E-state index contributed by atoms with van der Waals surface area (Å²) in [5.74, 6) is -1.00. The number of nitrogens with two attached hydrogens (primary N) is 1. The van der Waals surface area contributed by atoms with Gasteiger partial charge in [0.05, 0.1) is 10.9 Å². The third-order valence-corrected chi connectivity index (χ3v) is 5.62. The number of benzene rings is 2. The average Bonchev–Trinajstić information content (AvgIpc) is 3.03. The molecule has 0 aliphatic carbocycles. The zero-order valence-corrected chi connectivity index (χ0v) is 18.5. The summed E-state index contributed by atoms with van der Waals surface area (Å²) in [7, 11) is 3.86. The first-order chi connectivity index (χ1) is 15.2. The van der Waals surface area contributed by atoms with Gasteiger partial charge in [-0.05, 0) is 55.0 Å². The van der Waals surface area contributed by atoms with Gasteiger partial charge in [-0.15, -0.1) is 0 Å². The number of alkyl halides is 2. The van der Waals surface area contributed by atoms with Crippen molar-refractivity contribution in [3.05, 3.63) is 59.8 Å². The standard InChI is InChI=1S/C22H22F2N4O3S/c1-13(19(25)29)32-22-26-18(12-14-4-6-15(7-5-14)27(2)3)20(30)28(22)16-8-10-17(11-9-16)31-21(23)24/h4-13,21H,1-3H3,(H2,25,29). The molecular formula is C22H22F2N4O3S. The van der Waals surface area contributed by atoms with Gasteiger partial charge in [-0.1, -0.05) is 23.9 Å². The van der Waals surface area contributed by atoms with E-state index in [9.17, 15) is 18.4 Å². The van der Waals surface area contributed by atoms with Crippen LogP contribution < -0.4 is 20.3 Å². The highest BCUT2D eigenvalue weighted by Crippen LogP contribution is 2.32. The van der Waals surface area contributed by atoms with Crippen LogP contribution in [0, 0.1) is 0 Å². The van der Waals surface area contributed by atoms with E-state index in [4.69, 9.17) is 5.73 Å². The molecule has 2 N–H and O–H groups in total. The molecule has 0 saturated heterocycles. The van der Waals surface area contributed by atoms with Crippen LogP contribution in [0.25, 0.3) is 6.08 Å². The second kappa shape index (κ2) is 9.82. The summed E-state index contributed by atoms with van der Waals surface area (Å²) in [4.78, 5) is 32.4. The minimum absolute atomic E-state index is 0.0382. The quantitative estimate of drug-likeness (QED) is 0.637. The summed E-state index contributed by atoms with van der Waals surface area (Å²) in [5.41, 5.74) is 7.72. The monoisotopic (exact) mass is 460 g/mol.